The van der Waals surface area contributed by atoms with Crippen molar-refractivity contribution in [1.82, 2.24) is 0 Å². The Morgan fingerprint density at radius 1 is 1.46 bits per heavy atom. The molecule has 0 aromatic rings. The fraction of sp³-hybridized carbons (Fsp3) is 0.900. The molecule has 3 heteroatoms. The van der Waals surface area contributed by atoms with Crippen LogP contribution in [0, 0.1) is 5.92 Å². The zero-order valence-electron chi connectivity index (χ0n) is 8.58. The zero-order chi connectivity index (χ0) is 10.1. The normalized spacial score (nSPS) is 12.5. The number of thiocarbonyl (C=S) groups is 1. The Balaban J connectivity index is 3.52. The maximum Gasteiger partial charge on any atom is 0.185 e. The van der Waals surface area contributed by atoms with Gasteiger partial charge in [-0.1, -0.05) is 33.1 Å². The van der Waals surface area contributed by atoms with E-state index in [1.54, 1.807) is 0 Å². The van der Waals surface area contributed by atoms with Crippen LogP contribution < -0.4 is 0 Å². The highest BCUT2D eigenvalue weighted by Gasteiger charge is 2.07. The van der Waals surface area contributed by atoms with E-state index in [0.29, 0.717) is 17.6 Å². The average molecular weight is 204 g/mol. The van der Waals surface area contributed by atoms with Crippen molar-refractivity contribution >= 4 is 17.3 Å². The van der Waals surface area contributed by atoms with E-state index in [9.17, 15) is 0 Å². The number of aliphatic hydroxyl groups excluding tert-OH is 1. The molecule has 1 atom stereocenters. The second kappa shape index (κ2) is 8.45. The lowest BCUT2D eigenvalue weighted by molar-refractivity contribution is 0.206. The quantitative estimate of drug-likeness (QED) is 0.646. The summed E-state index contributed by atoms with van der Waals surface area (Å²) in [5.41, 5.74) is 0. The molecule has 0 aliphatic carbocycles. The van der Waals surface area contributed by atoms with Gasteiger partial charge in [0.05, 0.1) is 6.61 Å². The summed E-state index contributed by atoms with van der Waals surface area (Å²) >= 11 is 4.76. The fourth-order valence-electron chi connectivity index (χ4n) is 1.15. The molecule has 0 saturated heterocycles. The molecule has 0 amide bonds. The first-order chi connectivity index (χ1) is 6.24. The predicted molar refractivity (Wildman–Crippen MR) is 58.9 cm³/mol. The molecule has 0 saturated carbocycles. The largest absolute Gasteiger partial charge is 0.484 e. The predicted octanol–water partition coefficient (Wildman–Crippen LogP) is 2.54. The molecule has 0 heterocycles. The number of aliphatic hydroxyl groups is 1. The van der Waals surface area contributed by atoms with Gasteiger partial charge in [0.2, 0.25) is 0 Å². The Hall–Kier alpha value is -0.150. The number of rotatable bonds is 7. The van der Waals surface area contributed by atoms with Gasteiger partial charge in [-0.25, -0.2) is 0 Å². The van der Waals surface area contributed by atoms with E-state index in [-0.39, 0.29) is 6.61 Å². The summed E-state index contributed by atoms with van der Waals surface area (Å²) in [4.78, 5) is 0. The summed E-state index contributed by atoms with van der Waals surface area (Å²) in [6, 6.07) is 0. The third-order valence-corrected chi connectivity index (χ3v) is 2.40. The summed E-state index contributed by atoms with van der Waals surface area (Å²) in [5, 5.41) is 8.95. The summed E-state index contributed by atoms with van der Waals surface area (Å²) in [6.07, 6.45) is 4.78. The van der Waals surface area contributed by atoms with Crippen molar-refractivity contribution in [3.05, 3.63) is 0 Å². The minimum absolute atomic E-state index is 0.139. The van der Waals surface area contributed by atoms with E-state index < -0.39 is 0 Å². The Labute approximate surface area is 86.3 Å². The van der Waals surface area contributed by atoms with Gasteiger partial charge in [0.15, 0.2) is 5.05 Å². The van der Waals surface area contributed by atoms with Crippen LogP contribution >= 0.6 is 12.2 Å². The van der Waals surface area contributed by atoms with E-state index >= 15 is 0 Å². The lowest BCUT2D eigenvalue weighted by Gasteiger charge is -2.14. The standard InChI is InChI=1S/C10H20O2S/c1-3-5-6-9(4-2)8-12-10(13)7-11/h9,11H,3-8H2,1-2H3. The Kier molecular flexibility index (Phi) is 8.35. The second-order valence-corrected chi connectivity index (χ2v) is 3.71. The second-order valence-electron chi connectivity index (χ2n) is 3.26. The lowest BCUT2D eigenvalue weighted by Crippen LogP contribution is -2.14. The van der Waals surface area contributed by atoms with Crippen molar-refractivity contribution in [2.75, 3.05) is 13.2 Å². The minimum atomic E-state index is -0.139. The molecule has 0 radical (unpaired) electrons. The van der Waals surface area contributed by atoms with Crippen molar-refractivity contribution in [2.45, 2.75) is 39.5 Å². The van der Waals surface area contributed by atoms with Gasteiger partial charge in [0, 0.05) is 0 Å². The van der Waals surface area contributed by atoms with Gasteiger partial charge in [-0.15, -0.1) is 0 Å². The minimum Gasteiger partial charge on any atom is -0.484 e. The topological polar surface area (TPSA) is 29.5 Å². The number of hydrogen-bond acceptors (Lipinski definition) is 3. The molecule has 0 bridgehead atoms. The van der Waals surface area contributed by atoms with Gasteiger partial charge in [-0.2, -0.15) is 0 Å². The first-order valence-corrected chi connectivity index (χ1v) is 5.41. The van der Waals surface area contributed by atoms with E-state index in [1.807, 2.05) is 0 Å². The lowest BCUT2D eigenvalue weighted by atomic mass is 10.0. The molecule has 1 N–H and O–H groups in total. The van der Waals surface area contributed by atoms with E-state index in [1.165, 1.54) is 19.3 Å². The molecular weight excluding hydrogens is 184 g/mol. The highest BCUT2D eigenvalue weighted by molar-refractivity contribution is 7.80. The number of unbranched alkanes of at least 4 members (excludes halogenated alkanes) is 1. The van der Waals surface area contributed by atoms with Gasteiger partial charge < -0.3 is 9.84 Å². The molecule has 78 valence electrons. The van der Waals surface area contributed by atoms with Crippen LogP contribution in [0.5, 0.6) is 0 Å². The summed E-state index contributed by atoms with van der Waals surface area (Å²) in [6.45, 7) is 4.87. The van der Waals surface area contributed by atoms with Crippen LogP contribution in [0.2, 0.25) is 0 Å². The molecule has 1 unspecified atom stereocenters. The number of hydrogen-bond donors (Lipinski definition) is 1. The van der Waals surface area contributed by atoms with Gasteiger partial charge in [0.1, 0.15) is 6.61 Å². The first kappa shape index (κ1) is 12.8. The first-order valence-electron chi connectivity index (χ1n) is 5.01. The van der Waals surface area contributed by atoms with Crippen molar-refractivity contribution in [3.8, 4) is 0 Å². The molecule has 0 aliphatic rings. The van der Waals surface area contributed by atoms with Crippen LogP contribution in [0.25, 0.3) is 0 Å². The SMILES string of the molecule is CCCCC(CC)COC(=S)CO. The Morgan fingerprint density at radius 2 is 2.15 bits per heavy atom. The molecule has 0 aliphatic heterocycles. The summed E-state index contributed by atoms with van der Waals surface area (Å²) in [7, 11) is 0. The van der Waals surface area contributed by atoms with E-state index in [0.717, 1.165) is 6.42 Å². The summed E-state index contributed by atoms with van der Waals surface area (Å²) < 4.78 is 5.22. The Bertz CT molecular complexity index is 137. The van der Waals surface area contributed by atoms with Crippen molar-refractivity contribution in [2.24, 2.45) is 5.92 Å². The van der Waals surface area contributed by atoms with Crippen LogP contribution in [0.1, 0.15) is 39.5 Å². The van der Waals surface area contributed by atoms with Gasteiger partial charge in [0.25, 0.3) is 0 Å². The third kappa shape index (κ3) is 6.96. The molecule has 2 nitrogen and oxygen atoms in total. The van der Waals surface area contributed by atoms with Crippen LogP contribution in [0.3, 0.4) is 0 Å². The van der Waals surface area contributed by atoms with E-state index in [4.69, 9.17) is 22.1 Å². The van der Waals surface area contributed by atoms with Crippen molar-refractivity contribution in [1.29, 1.82) is 0 Å². The monoisotopic (exact) mass is 204 g/mol. The van der Waals surface area contributed by atoms with Gasteiger partial charge in [-0.05, 0) is 24.6 Å². The van der Waals surface area contributed by atoms with Gasteiger partial charge >= 0.3 is 0 Å². The fourth-order valence-corrected chi connectivity index (χ4v) is 1.22. The third-order valence-electron chi connectivity index (χ3n) is 2.15. The maximum atomic E-state index is 8.63. The highest BCUT2D eigenvalue weighted by Crippen LogP contribution is 2.12. The molecule has 0 fully saturated rings. The van der Waals surface area contributed by atoms with Crippen LogP contribution in [-0.2, 0) is 4.74 Å². The average Bonchev–Trinajstić information content (AvgIpc) is 2.17. The summed E-state index contributed by atoms with van der Waals surface area (Å²) in [5.74, 6) is 0.587. The van der Waals surface area contributed by atoms with Gasteiger partial charge in [-0.3, -0.25) is 0 Å². The smallest absolute Gasteiger partial charge is 0.185 e. The maximum absolute atomic E-state index is 8.63. The molecule has 13 heavy (non-hydrogen) atoms. The van der Waals surface area contributed by atoms with Crippen LogP contribution in [-0.4, -0.2) is 23.4 Å². The van der Waals surface area contributed by atoms with Crippen molar-refractivity contribution < 1.29 is 9.84 Å². The molecule has 0 aromatic heterocycles. The van der Waals surface area contributed by atoms with Crippen molar-refractivity contribution in [3.63, 3.8) is 0 Å². The van der Waals surface area contributed by atoms with Crippen LogP contribution in [0.15, 0.2) is 0 Å². The molecule has 0 rings (SSSR count). The highest BCUT2D eigenvalue weighted by atomic mass is 32.1. The van der Waals surface area contributed by atoms with E-state index in [2.05, 4.69) is 13.8 Å². The molecule has 0 spiro atoms. The number of ether oxygens (including phenoxy) is 1. The Morgan fingerprint density at radius 3 is 2.62 bits per heavy atom. The zero-order valence-corrected chi connectivity index (χ0v) is 9.40. The molecule has 0 aromatic carbocycles. The van der Waals surface area contributed by atoms with Crippen LogP contribution in [0.4, 0.5) is 0 Å². The molecular formula is C10H20O2S.